The number of fused-ring (bicyclic) bond motifs is 1. The van der Waals surface area contributed by atoms with Crippen LogP contribution in [-0.4, -0.2) is 74.3 Å². The summed E-state index contributed by atoms with van der Waals surface area (Å²) < 4.78 is 25.0. The van der Waals surface area contributed by atoms with E-state index in [1.807, 2.05) is 41.4 Å². The summed E-state index contributed by atoms with van der Waals surface area (Å²) in [4.78, 5) is 16.8. The summed E-state index contributed by atoms with van der Waals surface area (Å²) in [5, 5.41) is 16.5. The molecule has 0 spiro atoms. The van der Waals surface area contributed by atoms with Crippen LogP contribution in [0.1, 0.15) is 5.56 Å². The lowest BCUT2D eigenvalue weighted by atomic mass is 9.91. The van der Waals surface area contributed by atoms with E-state index in [2.05, 4.69) is 15.5 Å². The molecule has 2 saturated heterocycles. The number of rotatable bonds is 7. The summed E-state index contributed by atoms with van der Waals surface area (Å²) in [7, 11) is 0. The Hall–Kier alpha value is -2.98. The molecule has 0 saturated carbocycles. The third-order valence-corrected chi connectivity index (χ3v) is 6.39. The number of nitrogens with zero attached hydrogens (tertiary/aromatic N) is 2. The number of carbonyl (C=O) groups is 1. The lowest BCUT2D eigenvalue weighted by molar-refractivity contribution is -0.125. The molecule has 0 aliphatic carbocycles. The zero-order chi connectivity index (χ0) is 23.5. The van der Waals surface area contributed by atoms with Crippen LogP contribution in [0, 0.1) is 11.7 Å². The molecular formula is C25H29FN4O4. The molecule has 180 valence electrons. The van der Waals surface area contributed by atoms with E-state index in [0.29, 0.717) is 37.9 Å². The van der Waals surface area contributed by atoms with E-state index in [1.54, 1.807) is 6.07 Å². The topological polar surface area (TPSA) is 86.3 Å². The Bertz CT molecular complexity index is 1040. The maximum absolute atomic E-state index is 13.9. The van der Waals surface area contributed by atoms with Crippen LogP contribution in [0.15, 0.2) is 54.7 Å². The van der Waals surface area contributed by atoms with Gasteiger partial charge < -0.3 is 24.8 Å². The summed E-state index contributed by atoms with van der Waals surface area (Å²) in [5.74, 6) is -0.179. The minimum atomic E-state index is -0.590. The summed E-state index contributed by atoms with van der Waals surface area (Å²) in [5.41, 5.74) is 2.41. The van der Waals surface area contributed by atoms with Crippen molar-refractivity contribution < 1.29 is 23.8 Å². The van der Waals surface area contributed by atoms with Crippen LogP contribution in [0.25, 0.3) is 5.57 Å². The Morgan fingerprint density at radius 2 is 1.97 bits per heavy atom. The number of morpholine rings is 1. The van der Waals surface area contributed by atoms with Crippen molar-refractivity contribution in [1.29, 1.82) is 0 Å². The van der Waals surface area contributed by atoms with Crippen LogP contribution in [0.4, 0.5) is 10.1 Å². The number of amides is 1. The van der Waals surface area contributed by atoms with Gasteiger partial charge in [0.15, 0.2) is 0 Å². The molecule has 2 aromatic carbocycles. The van der Waals surface area contributed by atoms with Gasteiger partial charge in [0.1, 0.15) is 30.4 Å². The standard InChI is InChI=1S/C25H29FN4O4/c26-18-2-1-3-19(12-18)30-14-22(23-24(30)27-16-28-25(23)32)17-4-6-21(7-5-17)34-15-20(31)13-29-8-10-33-11-9-29/h1-7,12,14,20,23-24,27,31H,8-11,13,15-16H2,(H,28,32). The van der Waals surface area contributed by atoms with E-state index < -0.39 is 12.0 Å². The van der Waals surface area contributed by atoms with E-state index in [9.17, 15) is 14.3 Å². The Balaban J connectivity index is 1.28. The molecule has 2 aromatic rings. The molecule has 3 N–H and O–H groups in total. The van der Waals surface area contributed by atoms with Gasteiger partial charge in [-0.15, -0.1) is 0 Å². The number of hydrogen-bond acceptors (Lipinski definition) is 7. The van der Waals surface area contributed by atoms with Crippen molar-refractivity contribution in [2.24, 2.45) is 5.92 Å². The minimum absolute atomic E-state index is 0.0690. The fourth-order valence-electron chi connectivity index (χ4n) is 4.69. The molecule has 3 aliphatic rings. The Morgan fingerprint density at radius 3 is 2.74 bits per heavy atom. The number of β-amino-alcohol motifs (C(OH)–C–C–N with tert-alkyl or cyclic N) is 1. The number of benzene rings is 2. The average Bonchev–Trinajstić information content (AvgIpc) is 3.25. The first-order chi connectivity index (χ1) is 16.6. The van der Waals surface area contributed by atoms with Gasteiger partial charge in [0.2, 0.25) is 5.91 Å². The van der Waals surface area contributed by atoms with Crippen LogP contribution in [-0.2, 0) is 9.53 Å². The number of ether oxygens (including phenoxy) is 2. The maximum Gasteiger partial charge on any atom is 0.232 e. The maximum atomic E-state index is 13.9. The van der Waals surface area contributed by atoms with E-state index in [4.69, 9.17) is 9.47 Å². The highest BCUT2D eigenvalue weighted by Crippen LogP contribution is 2.39. The molecule has 8 nitrogen and oxygen atoms in total. The fourth-order valence-corrected chi connectivity index (χ4v) is 4.69. The normalized spacial score (nSPS) is 23.8. The molecule has 0 bridgehead atoms. The average molecular weight is 469 g/mol. The predicted molar refractivity (Wildman–Crippen MR) is 125 cm³/mol. The second kappa shape index (κ2) is 10.1. The largest absolute Gasteiger partial charge is 0.491 e. The number of halogens is 1. The first-order valence-electron chi connectivity index (χ1n) is 11.6. The lowest BCUT2D eigenvalue weighted by Crippen LogP contribution is -2.58. The van der Waals surface area contributed by atoms with Crippen LogP contribution in [0.5, 0.6) is 5.75 Å². The first kappa shape index (κ1) is 22.8. The number of anilines is 1. The smallest absolute Gasteiger partial charge is 0.232 e. The van der Waals surface area contributed by atoms with Gasteiger partial charge in [-0.1, -0.05) is 18.2 Å². The number of hydrogen-bond donors (Lipinski definition) is 3. The van der Waals surface area contributed by atoms with E-state index in [0.717, 1.165) is 24.2 Å². The van der Waals surface area contributed by atoms with Gasteiger partial charge in [-0.05, 0) is 41.5 Å². The molecule has 3 atom stereocenters. The summed E-state index contributed by atoms with van der Waals surface area (Å²) >= 11 is 0. The number of aliphatic hydroxyl groups excluding tert-OH is 1. The van der Waals surface area contributed by atoms with Gasteiger partial charge >= 0.3 is 0 Å². The summed E-state index contributed by atoms with van der Waals surface area (Å²) in [6.07, 6.45) is 1.02. The third kappa shape index (κ3) is 4.92. The number of nitrogens with one attached hydrogen (secondary N) is 2. The molecule has 2 fully saturated rings. The van der Waals surface area contributed by atoms with Crippen LogP contribution in [0.3, 0.4) is 0 Å². The van der Waals surface area contributed by atoms with Crippen molar-refractivity contribution in [3.8, 4) is 5.75 Å². The Morgan fingerprint density at radius 1 is 1.18 bits per heavy atom. The zero-order valence-electron chi connectivity index (χ0n) is 18.8. The molecule has 0 radical (unpaired) electrons. The van der Waals surface area contributed by atoms with Crippen molar-refractivity contribution in [2.45, 2.75) is 12.3 Å². The highest BCUT2D eigenvalue weighted by atomic mass is 19.1. The molecule has 3 heterocycles. The molecular weight excluding hydrogens is 439 g/mol. The highest BCUT2D eigenvalue weighted by Gasteiger charge is 2.43. The van der Waals surface area contributed by atoms with Gasteiger partial charge in [0.05, 0.1) is 25.8 Å². The van der Waals surface area contributed by atoms with Crippen molar-refractivity contribution >= 4 is 17.2 Å². The van der Waals surface area contributed by atoms with Crippen molar-refractivity contribution in [1.82, 2.24) is 15.5 Å². The number of aliphatic hydroxyl groups is 1. The summed E-state index contributed by atoms with van der Waals surface area (Å²) in [6, 6.07) is 13.8. The van der Waals surface area contributed by atoms with Crippen molar-refractivity contribution in [2.75, 3.05) is 51.0 Å². The zero-order valence-corrected chi connectivity index (χ0v) is 18.8. The lowest BCUT2D eigenvalue weighted by Gasteiger charge is -2.34. The van der Waals surface area contributed by atoms with Crippen LogP contribution >= 0.6 is 0 Å². The van der Waals surface area contributed by atoms with Gasteiger partial charge in [-0.25, -0.2) is 4.39 Å². The van der Waals surface area contributed by atoms with Crippen molar-refractivity contribution in [3.63, 3.8) is 0 Å². The SMILES string of the molecule is O=C1NCNC2C1C(c1ccc(OCC(O)CN3CCOCC3)cc1)=CN2c1cccc(F)c1. The molecule has 9 heteroatoms. The molecule has 1 amide bonds. The minimum Gasteiger partial charge on any atom is -0.491 e. The van der Waals surface area contributed by atoms with E-state index >= 15 is 0 Å². The van der Waals surface area contributed by atoms with Crippen LogP contribution in [0.2, 0.25) is 0 Å². The highest BCUT2D eigenvalue weighted by molar-refractivity contribution is 5.96. The second-order valence-corrected chi connectivity index (χ2v) is 8.72. The quantitative estimate of drug-likeness (QED) is 0.566. The molecule has 34 heavy (non-hydrogen) atoms. The van der Waals surface area contributed by atoms with Gasteiger partial charge in [0, 0.05) is 31.5 Å². The van der Waals surface area contributed by atoms with E-state index in [-0.39, 0.29) is 24.5 Å². The van der Waals surface area contributed by atoms with Gasteiger partial charge in [-0.2, -0.15) is 0 Å². The van der Waals surface area contributed by atoms with E-state index in [1.165, 1.54) is 12.1 Å². The molecule has 3 aliphatic heterocycles. The fraction of sp³-hybridized carbons (Fsp3) is 0.400. The molecule has 5 rings (SSSR count). The molecule has 0 aromatic heterocycles. The molecule has 3 unspecified atom stereocenters. The Labute approximate surface area is 197 Å². The second-order valence-electron chi connectivity index (χ2n) is 8.72. The van der Waals surface area contributed by atoms with Gasteiger partial charge in [0.25, 0.3) is 0 Å². The van der Waals surface area contributed by atoms with Gasteiger partial charge in [-0.3, -0.25) is 15.0 Å². The van der Waals surface area contributed by atoms with Crippen molar-refractivity contribution in [3.05, 3.63) is 66.1 Å². The summed E-state index contributed by atoms with van der Waals surface area (Å²) in [6.45, 7) is 4.12. The predicted octanol–water partition coefficient (Wildman–Crippen LogP) is 1.38. The van der Waals surface area contributed by atoms with Crippen LogP contribution < -0.4 is 20.3 Å². The third-order valence-electron chi connectivity index (χ3n) is 6.39. The monoisotopic (exact) mass is 468 g/mol. The Kier molecular flexibility index (Phi) is 6.77. The first-order valence-corrected chi connectivity index (χ1v) is 11.6. The number of carbonyl (C=O) groups excluding carboxylic acids is 1.